The lowest BCUT2D eigenvalue weighted by Gasteiger charge is -2.38. The Bertz CT molecular complexity index is 1100. The van der Waals surface area contributed by atoms with E-state index < -0.39 is 11.9 Å². The number of halogens is 1. The zero-order valence-corrected chi connectivity index (χ0v) is 18.9. The molecule has 0 amide bonds. The van der Waals surface area contributed by atoms with E-state index in [-0.39, 0.29) is 17.8 Å². The number of hydrogen-bond donors (Lipinski definition) is 1. The number of allylic oxidation sites excluding steroid dienone is 3. The first kappa shape index (κ1) is 21.4. The first-order valence-corrected chi connectivity index (χ1v) is 10.8. The lowest BCUT2D eigenvalue weighted by atomic mass is 9.69. The van der Waals surface area contributed by atoms with Crippen molar-refractivity contribution in [2.45, 2.75) is 46.5 Å². The van der Waals surface area contributed by atoms with Gasteiger partial charge in [0.2, 0.25) is 0 Å². The first-order chi connectivity index (χ1) is 14.7. The molecule has 0 radical (unpaired) electrons. The van der Waals surface area contributed by atoms with Gasteiger partial charge in [-0.2, -0.15) is 0 Å². The molecule has 31 heavy (non-hydrogen) atoms. The quantitative estimate of drug-likeness (QED) is 0.612. The van der Waals surface area contributed by atoms with Gasteiger partial charge in [0, 0.05) is 34.0 Å². The van der Waals surface area contributed by atoms with E-state index in [1.165, 1.54) is 0 Å². The van der Waals surface area contributed by atoms with E-state index in [1.807, 2.05) is 31.2 Å². The van der Waals surface area contributed by atoms with Crippen LogP contribution in [0.1, 0.15) is 52.2 Å². The molecule has 6 heteroatoms. The number of benzene rings is 1. The van der Waals surface area contributed by atoms with Gasteiger partial charge in [0.05, 0.1) is 18.1 Å². The third kappa shape index (κ3) is 4.07. The van der Waals surface area contributed by atoms with Crippen LogP contribution in [0.5, 0.6) is 0 Å². The van der Waals surface area contributed by atoms with Gasteiger partial charge in [0.25, 0.3) is 0 Å². The van der Waals surface area contributed by atoms with Crippen LogP contribution in [0.15, 0.2) is 63.4 Å². The van der Waals surface area contributed by atoms with Crippen molar-refractivity contribution in [3.05, 3.63) is 69.7 Å². The number of dihydropyridines is 1. The van der Waals surface area contributed by atoms with Gasteiger partial charge in [-0.3, -0.25) is 4.79 Å². The van der Waals surface area contributed by atoms with E-state index in [4.69, 9.17) is 20.8 Å². The second-order valence-corrected chi connectivity index (χ2v) is 9.30. The van der Waals surface area contributed by atoms with E-state index in [0.717, 1.165) is 17.7 Å². The highest BCUT2D eigenvalue weighted by atomic mass is 35.5. The van der Waals surface area contributed by atoms with Crippen LogP contribution >= 0.6 is 11.6 Å². The molecule has 2 aromatic rings. The largest absolute Gasteiger partial charge is 0.463 e. The number of carbonyl (C=O) groups is 2. The van der Waals surface area contributed by atoms with E-state index in [2.05, 4.69) is 19.2 Å². The van der Waals surface area contributed by atoms with Crippen molar-refractivity contribution in [3.8, 4) is 11.3 Å². The van der Waals surface area contributed by atoms with Gasteiger partial charge in [-0.25, -0.2) is 4.79 Å². The molecule has 1 N–H and O–H groups in total. The number of ether oxygens (including phenoxy) is 1. The summed E-state index contributed by atoms with van der Waals surface area (Å²) in [6, 6.07) is 11.0. The van der Waals surface area contributed by atoms with Crippen molar-refractivity contribution in [1.82, 2.24) is 5.32 Å². The molecule has 2 aliphatic rings. The molecule has 0 unspecified atom stereocenters. The van der Waals surface area contributed by atoms with Gasteiger partial charge in [0.1, 0.15) is 11.5 Å². The molecule has 0 saturated heterocycles. The van der Waals surface area contributed by atoms with Crippen LogP contribution in [0.25, 0.3) is 11.3 Å². The summed E-state index contributed by atoms with van der Waals surface area (Å²) in [5.41, 5.74) is 3.30. The van der Waals surface area contributed by atoms with Gasteiger partial charge in [-0.1, -0.05) is 25.4 Å². The Morgan fingerprint density at radius 3 is 2.58 bits per heavy atom. The molecule has 1 atom stereocenters. The van der Waals surface area contributed by atoms with Crippen LogP contribution in [0.3, 0.4) is 0 Å². The molecular weight excluding hydrogens is 414 g/mol. The summed E-state index contributed by atoms with van der Waals surface area (Å²) in [5.74, 6) is 0.194. The molecule has 2 heterocycles. The summed E-state index contributed by atoms with van der Waals surface area (Å²) >= 11 is 6.00. The predicted molar refractivity (Wildman–Crippen MR) is 119 cm³/mol. The third-order valence-corrected chi connectivity index (χ3v) is 6.03. The number of esters is 1. The molecule has 1 aromatic heterocycles. The highest BCUT2D eigenvalue weighted by Gasteiger charge is 2.44. The van der Waals surface area contributed by atoms with E-state index in [1.54, 1.807) is 19.1 Å². The maximum Gasteiger partial charge on any atom is 0.336 e. The standard InChI is InChI=1S/C25H26ClNO4/c1-5-30-24(29)21-14(2)27-17-12-25(3,4)13-18(28)22(17)23(21)20-11-10-19(31-20)15-6-8-16(26)9-7-15/h6-11,23,27H,5,12-13H2,1-4H3/t23-/m1/s1. The second-order valence-electron chi connectivity index (χ2n) is 8.86. The van der Waals surface area contributed by atoms with Gasteiger partial charge in [-0.05, 0) is 62.1 Å². The lowest BCUT2D eigenvalue weighted by molar-refractivity contribution is -0.138. The van der Waals surface area contributed by atoms with Crippen LogP contribution in [0.4, 0.5) is 0 Å². The smallest absolute Gasteiger partial charge is 0.336 e. The SMILES string of the molecule is CCOC(=O)C1=C(C)NC2=C(C(=O)CC(C)(C)C2)[C@@H]1c1ccc(-c2ccc(Cl)cc2)o1. The summed E-state index contributed by atoms with van der Waals surface area (Å²) in [4.78, 5) is 26.2. The molecular formula is C25H26ClNO4. The molecule has 5 nitrogen and oxygen atoms in total. The minimum absolute atomic E-state index is 0.0301. The fraction of sp³-hybridized carbons (Fsp3) is 0.360. The highest BCUT2D eigenvalue weighted by Crippen LogP contribution is 2.47. The summed E-state index contributed by atoms with van der Waals surface area (Å²) < 4.78 is 11.5. The van der Waals surface area contributed by atoms with Crippen molar-refractivity contribution in [3.63, 3.8) is 0 Å². The number of carbonyl (C=O) groups excluding carboxylic acids is 2. The lowest BCUT2D eigenvalue weighted by Crippen LogP contribution is -2.38. The van der Waals surface area contributed by atoms with Crippen molar-refractivity contribution >= 4 is 23.4 Å². The van der Waals surface area contributed by atoms with E-state index >= 15 is 0 Å². The van der Waals surface area contributed by atoms with Crippen LogP contribution < -0.4 is 5.32 Å². The zero-order valence-electron chi connectivity index (χ0n) is 18.2. The Morgan fingerprint density at radius 1 is 1.19 bits per heavy atom. The van der Waals surface area contributed by atoms with Crippen molar-refractivity contribution in [2.24, 2.45) is 5.41 Å². The van der Waals surface area contributed by atoms with Gasteiger partial charge < -0.3 is 14.5 Å². The minimum Gasteiger partial charge on any atom is -0.463 e. The normalized spacial score (nSPS) is 20.4. The van der Waals surface area contributed by atoms with Gasteiger partial charge in [-0.15, -0.1) is 0 Å². The minimum atomic E-state index is -0.597. The molecule has 1 aromatic carbocycles. The van der Waals surface area contributed by atoms with E-state index in [0.29, 0.717) is 39.8 Å². The van der Waals surface area contributed by atoms with Crippen LogP contribution in [-0.4, -0.2) is 18.4 Å². The fourth-order valence-corrected chi connectivity index (χ4v) is 4.60. The first-order valence-electron chi connectivity index (χ1n) is 10.5. The van der Waals surface area contributed by atoms with Crippen LogP contribution in [0, 0.1) is 5.41 Å². The highest BCUT2D eigenvalue weighted by molar-refractivity contribution is 6.30. The number of rotatable bonds is 4. The molecule has 0 fully saturated rings. The molecule has 0 bridgehead atoms. The Kier molecular flexibility index (Phi) is 5.56. The Morgan fingerprint density at radius 2 is 1.90 bits per heavy atom. The fourth-order valence-electron chi connectivity index (χ4n) is 4.48. The Labute approximate surface area is 187 Å². The summed E-state index contributed by atoms with van der Waals surface area (Å²) in [6.07, 6.45) is 1.15. The third-order valence-electron chi connectivity index (χ3n) is 5.78. The molecule has 162 valence electrons. The maximum atomic E-state index is 13.2. The van der Waals surface area contributed by atoms with Crippen LogP contribution in [-0.2, 0) is 14.3 Å². The van der Waals surface area contributed by atoms with Crippen molar-refractivity contribution in [2.75, 3.05) is 6.61 Å². The van der Waals surface area contributed by atoms with Crippen molar-refractivity contribution < 1.29 is 18.7 Å². The summed E-state index contributed by atoms with van der Waals surface area (Å²) in [5, 5.41) is 3.96. The maximum absolute atomic E-state index is 13.2. The molecule has 4 rings (SSSR count). The van der Waals surface area contributed by atoms with Gasteiger partial charge in [0.15, 0.2) is 5.78 Å². The average Bonchev–Trinajstić information content (AvgIpc) is 3.16. The number of nitrogens with one attached hydrogen (secondary N) is 1. The van der Waals surface area contributed by atoms with Crippen LogP contribution in [0.2, 0.25) is 5.02 Å². The zero-order chi connectivity index (χ0) is 22.3. The predicted octanol–water partition coefficient (Wildman–Crippen LogP) is 5.77. The molecule has 1 aliphatic carbocycles. The van der Waals surface area contributed by atoms with Gasteiger partial charge >= 0.3 is 5.97 Å². The Hall–Kier alpha value is -2.79. The summed E-state index contributed by atoms with van der Waals surface area (Å²) in [6.45, 7) is 8.03. The second kappa shape index (κ2) is 8.04. The van der Waals surface area contributed by atoms with Crippen molar-refractivity contribution in [1.29, 1.82) is 0 Å². The summed E-state index contributed by atoms with van der Waals surface area (Å²) in [7, 11) is 0. The average molecular weight is 440 g/mol. The molecule has 1 aliphatic heterocycles. The monoisotopic (exact) mass is 439 g/mol. The number of Topliss-reactive ketones (excluding diaryl/α,β-unsaturated/α-hetero) is 1. The molecule has 0 saturated carbocycles. The Balaban J connectivity index is 1.83. The molecule has 0 spiro atoms. The number of hydrogen-bond acceptors (Lipinski definition) is 5. The topological polar surface area (TPSA) is 68.5 Å². The van der Waals surface area contributed by atoms with E-state index in [9.17, 15) is 9.59 Å². The number of furan rings is 1. The number of ketones is 1.